The molecule has 0 aliphatic carbocycles. The first-order valence-electron chi connectivity index (χ1n) is 8.14. The molecule has 1 N–H and O–H groups in total. The summed E-state index contributed by atoms with van der Waals surface area (Å²) in [6, 6.07) is 17.8. The van der Waals surface area contributed by atoms with Crippen molar-refractivity contribution in [2.75, 3.05) is 5.32 Å². The second-order valence-electron chi connectivity index (χ2n) is 5.71. The van der Waals surface area contributed by atoms with Gasteiger partial charge in [0, 0.05) is 5.75 Å². The number of aryl methyl sites for hydroxylation is 1. The van der Waals surface area contributed by atoms with Gasteiger partial charge in [-0.15, -0.1) is 10.2 Å². The van der Waals surface area contributed by atoms with Crippen LogP contribution in [0.4, 0.5) is 5.13 Å². The molecule has 0 aliphatic heterocycles. The van der Waals surface area contributed by atoms with E-state index < -0.39 is 6.10 Å². The van der Waals surface area contributed by atoms with Crippen molar-refractivity contribution in [2.24, 2.45) is 0 Å². The van der Waals surface area contributed by atoms with Crippen LogP contribution >= 0.6 is 23.1 Å². The van der Waals surface area contributed by atoms with Crippen LogP contribution in [0.3, 0.4) is 0 Å². The van der Waals surface area contributed by atoms with Gasteiger partial charge in [-0.25, -0.2) is 0 Å². The molecule has 0 radical (unpaired) electrons. The van der Waals surface area contributed by atoms with Gasteiger partial charge in [-0.2, -0.15) is 0 Å². The maximum atomic E-state index is 12.3. The smallest absolute Gasteiger partial charge is 0.266 e. The van der Waals surface area contributed by atoms with Crippen LogP contribution in [0.25, 0.3) is 0 Å². The maximum Gasteiger partial charge on any atom is 0.266 e. The minimum Gasteiger partial charge on any atom is -0.481 e. The number of benzene rings is 2. The van der Waals surface area contributed by atoms with E-state index in [4.69, 9.17) is 4.74 Å². The summed E-state index contributed by atoms with van der Waals surface area (Å²) in [5, 5.41) is 11.4. The van der Waals surface area contributed by atoms with E-state index in [-0.39, 0.29) is 5.91 Å². The first-order chi connectivity index (χ1) is 12.6. The molecule has 0 saturated carbocycles. The zero-order valence-corrected chi connectivity index (χ0v) is 16.1. The van der Waals surface area contributed by atoms with E-state index in [0.717, 1.165) is 15.7 Å². The summed E-state index contributed by atoms with van der Waals surface area (Å²) in [5.41, 5.74) is 2.30. The summed E-state index contributed by atoms with van der Waals surface area (Å²) >= 11 is 2.96. The van der Waals surface area contributed by atoms with Crippen molar-refractivity contribution >= 4 is 34.1 Å². The van der Waals surface area contributed by atoms with Crippen molar-refractivity contribution in [1.82, 2.24) is 10.2 Å². The zero-order chi connectivity index (χ0) is 18.4. The second-order valence-corrected chi connectivity index (χ2v) is 7.91. The fraction of sp³-hybridized carbons (Fsp3) is 0.211. The highest BCUT2D eigenvalue weighted by Gasteiger charge is 2.17. The van der Waals surface area contributed by atoms with Crippen molar-refractivity contribution in [3.05, 3.63) is 65.7 Å². The summed E-state index contributed by atoms with van der Waals surface area (Å²) in [7, 11) is 0. The lowest BCUT2D eigenvalue weighted by molar-refractivity contribution is -0.122. The quantitative estimate of drug-likeness (QED) is 0.478. The summed E-state index contributed by atoms with van der Waals surface area (Å²) < 4.78 is 6.50. The largest absolute Gasteiger partial charge is 0.481 e. The third-order valence-corrected chi connectivity index (χ3v) is 5.56. The first kappa shape index (κ1) is 18.4. The molecule has 5 nitrogen and oxygen atoms in total. The van der Waals surface area contributed by atoms with Crippen LogP contribution in [-0.4, -0.2) is 22.2 Å². The van der Waals surface area contributed by atoms with Gasteiger partial charge >= 0.3 is 0 Å². The number of anilines is 1. The van der Waals surface area contributed by atoms with E-state index in [0.29, 0.717) is 10.9 Å². The highest BCUT2D eigenvalue weighted by atomic mass is 32.2. The number of hydrogen-bond acceptors (Lipinski definition) is 6. The zero-order valence-electron chi connectivity index (χ0n) is 14.5. The standard InChI is InChI=1S/C19H19N3O2S2/c1-13-7-6-10-16(11-13)24-14(2)17(23)20-18-21-22-19(26-18)25-12-15-8-4-3-5-9-15/h3-11,14H,12H2,1-2H3,(H,20,21,23). The SMILES string of the molecule is Cc1cccc(OC(C)C(=O)Nc2nnc(SCc3ccccc3)s2)c1. The van der Waals surface area contributed by atoms with Crippen molar-refractivity contribution in [1.29, 1.82) is 0 Å². The van der Waals surface area contributed by atoms with Crippen LogP contribution in [0.2, 0.25) is 0 Å². The lowest BCUT2D eigenvalue weighted by Crippen LogP contribution is -2.30. The maximum absolute atomic E-state index is 12.3. The van der Waals surface area contributed by atoms with E-state index in [9.17, 15) is 4.79 Å². The Morgan fingerprint density at radius 2 is 2.00 bits per heavy atom. The molecule has 0 spiro atoms. The average molecular weight is 386 g/mol. The van der Waals surface area contributed by atoms with Crippen LogP contribution in [0.15, 0.2) is 58.9 Å². The van der Waals surface area contributed by atoms with Crippen molar-refractivity contribution in [3.63, 3.8) is 0 Å². The van der Waals surface area contributed by atoms with Gasteiger partial charge in [0.2, 0.25) is 5.13 Å². The first-order valence-corrected chi connectivity index (χ1v) is 9.95. The second kappa shape index (κ2) is 8.82. The Labute approximate surface area is 160 Å². The Kier molecular flexibility index (Phi) is 6.25. The Morgan fingerprint density at radius 3 is 2.77 bits per heavy atom. The van der Waals surface area contributed by atoms with Crippen molar-refractivity contribution in [2.45, 2.75) is 30.0 Å². The number of amides is 1. The lowest BCUT2D eigenvalue weighted by atomic mass is 10.2. The number of rotatable bonds is 7. The van der Waals surface area contributed by atoms with Gasteiger partial charge in [-0.1, -0.05) is 65.6 Å². The number of nitrogens with zero attached hydrogens (tertiary/aromatic N) is 2. The fourth-order valence-corrected chi connectivity index (χ4v) is 3.90. The fourth-order valence-electron chi connectivity index (χ4n) is 2.19. The minimum atomic E-state index is -0.624. The molecule has 1 unspecified atom stereocenters. The van der Waals surface area contributed by atoms with Crippen LogP contribution in [-0.2, 0) is 10.5 Å². The number of aromatic nitrogens is 2. The molecule has 134 valence electrons. The van der Waals surface area contributed by atoms with Gasteiger partial charge in [0.05, 0.1) is 0 Å². The van der Waals surface area contributed by atoms with E-state index >= 15 is 0 Å². The van der Waals surface area contributed by atoms with Crippen LogP contribution < -0.4 is 10.1 Å². The molecular weight excluding hydrogens is 366 g/mol. The molecule has 0 fully saturated rings. The molecule has 0 aliphatic rings. The Hall–Kier alpha value is -2.38. The van der Waals surface area contributed by atoms with Crippen molar-refractivity contribution < 1.29 is 9.53 Å². The number of nitrogens with one attached hydrogen (secondary N) is 1. The number of hydrogen-bond donors (Lipinski definition) is 1. The van der Waals surface area contributed by atoms with Gasteiger partial charge in [0.25, 0.3) is 5.91 Å². The number of carbonyl (C=O) groups excluding carboxylic acids is 1. The van der Waals surface area contributed by atoms with Crippen molar-refractivity contribution in [3.8, 4) is 5.75 Å². The Balaban J connectivity index is 1.52. The third-order valence-electron chi connectivity index (χ3n) is 3.51. The predicted octanol–water partition coefficient (Wildman–Crippen LogP) is 4.54. The molecule has 1 aromatic heterocycles. The normalized spacial score (nSPS) is 11.8. The molecule has 1 atom stereocenters. The molecule has 1 heterocycles. The predicted molar refractivity (Wildman–Crippen MR) is 106 cm³/mol. The molecule has 2 aromatic carbocycles. The molecule has 3 rings (SSSR count). The van der Waals surface area contributed by atoms with Gasteiger partial charge in [0.15, 0.2) is 10.4 Å². The topological polar surface area (TPSA) is 64.1 Å². The van der Waals surface area contributed by atoms with Crippen LogP contribution in [0, 0.1) is 6.92 Å². The number of ether oxygens (including phenoxy) is 1. The monoisotopic (exact) mass is 385 g/mol. The Morgan fingerprint density at radius 1 is 1.19 bits per heavy atom. The van der Waals surface area contributed by atoms with E-state index in [1.807, 2.05) is 49.4 Å². The summed E-state index contributed by atoms with van der Waals surface area (Å²) in [4.78, 5) is 12.3. The van der Waals surface area contributed by atoms with Gasteiger partial charge in [-0.05, 0) is 37.1 Å². The highest BCUT2D eigenvalue weighted by Crippen LogP contribution is 2.28. The van der Waals surface area contributed by atoms with E-state index in [1.165, 1.54) is 16.9 Å². The van der Waals surface area contributed by atoms with E-state index in [2.05, 4.69) is 27.6 Å². The molecular formula is C19H19N3O2S2. The summed E-state index contributed by atoms with van der Waals surface area (Å²) in [6.45, 7) is 3.69. The molecule has 26 heavy (non-hydrogen) atoms. The van der Waals surface area contributed by atoms with Crippen LogP contribution in [0.5, 0.6) is 5.75 Å². The highest BCUT2D eigenvalue weighted by molar-refractivity contribution is 8.00. The molecule has 0 bridgehead atoms. The van der Waals surface area contributed by atoms with Gasteiger partial charge < -0.3 is 4.74 Å². The summed E-state index contributed by atoms with van der Waals surface area (Å²) in [6.07, 6.45) is -0.624. The molecule has 7 heteroatoms. The lowest BCUT2D eigenvalue weighted by Gasteiger charge is -2.13. The number of carbonyl (C=O) groups is 1. The van der Waals surface area contributed by atoms with Gasteiger partial charge in [0.1, 0.15) is 5.75 Å². The molecule has 1 amide bonds. The number of thioether (sulfide) groups is 1. The van der Waals surface area contributed by atoms with E-state index in [1.54, 1.807) is 18.7 Å². The van der Waals surface area contributed by atoms with Crippen LogP contribution in [0.1, 0.15) is 18.1 Å². The Bertz CT molecular complexity index is 868. The third kappa shape index (κ3) is 5.31. The average Bonchev–Trinajstić information content (AvgIpc) is 3.08. The molecule has 0 saturated heterocycles. The van der Waals surface area contributed by atoms with Gasteiger partial charge in [-0.3, -0.25) is 10.1 Å². The summed E-state index contributed by atoms with van der Waals surface area (Å²) in [5.74, 6) is 1.24. The molecule has 3 aromatic rings. The minimum absolute atomic E-state index is 0.248.